The Hall–Kier alpha value is -1.84. The predicted octanol–water partition coefficient (Wildman–Crippen LogP) is 2.15. The number of esters is 1. The van der Waals surface area contributed by atoms with Crippen molar-refractivity contribution in [3.8, 4) is 0 Å². The zero-order valence-corrected chi connectivity index (χ0v) is 9.44. The van der Waals surface area contributed by atoms with Crippen molar-refractivity contribution in [2.75, 3.05) is 0 Å². The molecule has 1 aliphatic rings. The number of carboxylic acids is 1. The number of carbonyl (C=O) groups is 2. The largest absolute Gasteiger partial charge is 0.481 e. The number of carboxylic acid groups (broad SMARTS) is 1. The van der Waals surface area contributed by atoms with Crippen LogP contribution in [-0.2, 0) is 22.6 Å². The van der Waals surface area contributed by atoms with E-state index in [2.05, 4.69) is 0 Å². The van der Waals surface area contributed by atoms with Crippen molar-refractivity contribution in [3.05, 3.63) is 34.9 Å². The molecule has 1 heterocycles. The molecular formula is C13H14O4. The number of ether oxygens (including phenoxy) is 1. The Morgan fingerprint density at radius 2 is 2.18 bits per heavy atom. The van der Waals surface area contributed by atoms with Crippen LogP contribution in [0.1, 0.15) is 40.7 Å². The molecule has 1 aromatic rings. The molecule has 0 unspecified atom stereocenters. The average Bonchev–Trinajstić information content (AvgIpc) is 2.66. The summed E-state index contributed by atoms with van der Waals surface area (Å²) < 4.78 is 4.92. The van der Waals surface area contributed by atoms with E-state index in [1.807, 2.05) is 12.1 Å². The number of aliphatic carboxylic acids is 1. The van der Waals surface area contributed by atoms with Crippen molar-refractivity contribution in [2.45, 2.75) is 32.3 Å². The van der Waals surface area contributed by atoms with Crippen LogP contribution in [0.2, 0.25) is 0 Å². The van der Waals surface area contributed by atoms with Gasteiger partial charge in [-0.2, -0.15) is 0 Å². The van der Waals surface area contributed by atoms with Crippen LogP contribution in [0.5, 0.6) is 0 Å². The highest BCUT2D eigenvalue weighted by atomic mass is 16.5. The zero-order chi connectivity index (χ0) is 12.3. The van der Waals surface area contributed by atoms with Crippen molar-refractivity contribution >= 4 is 11.9 Å². The second kappa shape index (κ2) is 4.99. The molecule has 0 aliphatic carbocycles. The van der Waals surface area contributed by atoms with Gasteiger partial charge in [0.1, 0.15) is 6.61 Å². The SMILES string of the molecule is O=C(O)CCCCc1ccc2c(c1)COC2=O. The monoisotopic (exact) mass is 234 g/mol. The maximum atomic E-state index is 11.2. The van der Waals surface area contributed by atoms with E-state index in [9.17, 15) is 9.59 Å². The number of cyclic esters (lactones) is 1. The minimum absolute atomic E-state index is 0.215. The third-order valence-corrected chi connectivity index (χ3v) is 2.85. The normalized spacial score (nSPS) is 13.3. The highest BCUT2D eigenvalue weighted by Crippen LogP contribution is 2.21. The van der Waals surface area contributed by atoms with E-state index in [0.29, 0.717) is 18.6 Å². The standard InChI is InChI=1S/C13H14O4/c14-12(15)4-2-1-3-9-5-6-11-10(7-9)8-17-13(11)16/h5-7H,1-4,8H2,(H,14,15). The van der Waals surface area contributed by atoms with Gasteiger partial charge in [0, 0.05) is 12.0 Å². The summed E-state index contributed by atoms with van der Waals surface area (Å²) in [5.74, 6) is -1.00. The maximum Gasteiger partial charge on any atom is 0.338 e. The van der Waals surface area contributed by atoms with Gasteiger partial charge in [-0.1, -0.05) is 12.1 Å². The summed E-state index contributed by atoms with van der Waals surface area (Å²) >= 11 is 0. The molecule has 0 bridgehead atoms. The van der Waals surface area contributed by atoms with Gasteiger partial charge in [0.15, 0.2) is 0 Å². The second-order valence-corrected chi connectivity index (χ2v) is 4.17. The third-order valence-electron chi connectivity index (χ3n) is 2.85. The van der Waals surface area contributed by atoms with Gasteiger partial charge < -0.3 is 9.84 Å². The van der Waals surface area contributed by atoms with E-state index >= 15 is 0 Å². The number of unbranched alkanes of at least 4 members (excludes halogenated alkanes) is 1. The molecule has 0 spiro atoms. The Morgan fingerprint density at radius 1 is 1.35 bits per heavy atom. The van der Waals surface area contributed by atoms with Crippen LogP contribution in [0.3, 0.4) is 0 Å². The molecule has 0 radical (unpaired) electrons. The molecule has 4 heteroatoms. The first-order valence-electron chi connectivity index (χ1n) is 5.67. The summed E-state index contributed by atoms with van der Waals surface area (Å²) in [5.41, 5.74) is 2.72. The van der Waals surface area contributed by atoms with E-state index in [0.717, 1.165) is 24.0 Å². The van der Waals surface area contributed by atoms with Crippen molar-refractivity contribution in [1.82, 2.24) is 0 Å². The fraction of sp³-hybridized carbons (Fsp3) is 0.385. The third kappa shape index (κ3) is 2.84. The number of carbonyl (C=O) groups excluding carboxylic acids is 1. The van der Waals surface area contributed by atoms with Gasteiger partial charge in [-0.15, -0.1) is 0 Å². The Labute approximate surface area is 99.2 Å². The molecule has 90 valence electrons. The lowest BCUT2D eigenvalue weighted by Crippen LogP contribution is -1.96. The first-order valence-corrected chi connectivity index (χ1v) is 5.67. The molecule has 2 rings (SSSR count). The Morgan fingerprint density at radius 3 is 2.94 bits per heavy atom. The van der Waals surface area contributed by atoms with Crippen LogP contribution < -0.4 is 0 Å². The fourth-order valence-electron chi connectivity index (χ4n) is 1.95. The molecule has 0 aromatic heterocycles. The van der Waals surface area contributed by atoms with E-state index in [1.54, 1.807) is 6.07 Å². The number of hydrogen-bond donors (Lipinski definition) is 1. The summed E-state index contributed by atoms with van der Waals surface area (Å²) in [5, 5.41) is 8.51. The van der Waals surface area contributed by atoms with Crippen LogP contribution in [0, 0.1) is 0 Å². The molecule has 1 aromatic carbocycles. The van der Waals surface area contributed by atoms with Gasteiger partial charge in [-0.3, -0.25) is 4.79 Å². The van der Waals surface area contributed by atoms with Crippen LogP contribution in [0.25, 0.3) is 0 Å². The molecule has 17 heavy (non-hydrogen) atoms. The highest BCUT2D eigenvalue weighted by Gasteiger charge is 2.20. The van der Waals surface area contributed by atoms with Crippen molar-refractivity contribution < 1.29 is 19.4 Å². The summed E-state index contributed by atoms with van der Waals surface area (Å²) in [4.78, 5) is 21.6. The van der Waals surface area contributed by atoms with Crippen molar-refractivity contribution in [1.29, 1.82) is 0 Å². The number of rotatable bonds is 5. The lowest BCUT2D eigenvalue weighted by atomic mass is 10.0. The molecule has 1 aliphatic heterocycles. The van der Waals surface area contributed by atoms with Gasteiger partial charge in [0.2, 0.25) is 0 Å². The minimum Gasteiger partial charge on any atom is -0.481 e. The quantitative estimate of drug-likeness (QED) is 0.626. The summed E-state index contributed by atoms with van der Waals surface area (Å²) in [6.07, 6.45) is 2.59. The van der Waals surface area contributed by atoms with Crippen LogP contribution in [0.15, 0.2) is 18.2 Å². The van der Waals surface area contributed by atoms with Gasteiger partial charge in [-0.05, 0) is 30.9 Å². The van der Waals surface area contributed by atoms with Gasteiger partial charge in [0.25, 0.3) is 0 Å². The van der Waals surface area contributed by atoms with E-state index in [1.165, 1.54) is 0 Å². The first kappa shape index (κ1) is 11.6. The van der Waals surface area contributed by atoms with Gasteiger partial charge >= 0.3 is 11.9 Å². The molecule has 0 saturated heterocycles. The number of benzene rings is 1. The smallest absolute Gasteiger partial charge is 0.338 e. The highest BCUT2D eigenvalue weighted by molar-refractivity contribution is 5.93. The second-order valence-electron chi connectivity index (χ2n) is 4.17. The van der Waals surface area contributed by atoms with E-state index in [4.69, 9.17) is 9.84 Å². The number of hydrogen-bond acceptors (Lipinski definition) is 3. The lowest BCUT2D eigenvalue weighted by molar-refractivity contribution is -0.137. The summed E-state index contributed by atoms with van der Waals surface area (Å²) in [7, 11) is 0. The van der Waals surface area contributed by atoms with E-state index in [-0.39, 0.29) is 12.4 Å². The zero-order valence-electron chi connectivity index (χ0n) is 9.44. The molecular weight excluding hydrogens is 220 g/mol. The number of aryl methyl sites for hydroxylation is 1. The molecule has 0 fully saturated rings. The van der Waals surface area contributed by atoms with Gasteiger partial charge in [-0.25, -0.2) is 4.79 Å². The maximum absolute atomic E-state index is 11.2. The predicted molar refractivity (Wildman–Crippen MR) is 60.8 cm³/mol. The molecule has 0 saturated carbocycles. The average molecular weight is 234 g/mol. The van der Waals surface area contributed by atoms with E-state index < -0.39 is 5.97 Å². The van der Waals surface area contributed by atoms with Crippen LogP contribution in [-0.4, -0.2) is 17.0 Å². The molecule has 0 atom stereocenters. The van der Waals surface area contributed by atoms with Crippen molar-refractivity contribution in [3.63, 3.8) is 0 Å². The Kier molecular flexibility index (Phi) is 3.42. The molecule has 0 amide bonds. The summed E-state index contributed by atoms with van der Waals surface area (Å²) in [6.45, 7) is 0.358. The Bertz CT molecular complexity index is 451. The van der Waals surface area contributed by atoms with Crippen LogP contribution >= 0.6 is 0 Å². The fourth-order valence-corrected chi connectivity index (χ4v) is 1.95. The topological polar surface area (TPSA) is 63.6 Å². The lowest BCUT2D eigenvalue weighted by Gasteiger charge is -2.02. The van der Waals surface area contributed by atoms with Crippen molar-refractivity contribution in [2.24, 2.45) is 0 Å². The first-order chi connectivity index (χ1) is 8.16. The Balaban J connectivity index is 1.90. The number of fused-ring (bicyclic) bond motifs is 1. The van der Waals surface area contributed by atoms with Gasteiger partial charge in [0.05, 0.1) is 5.56 Å². The van der Waals surface area contributed by atoms with Crippen LogP contribution in [0.4, 0.5) is 0 Å². The summed E-state index contributed by atoms with van der Waals surface area (Å²) in [6, 6.07) is 5.67. The molecule has 4 nitrogen and oxygen atoms in total. The minimum atomic E-state index is -0.752. The molecule has 1 N–H and O–H groups in total.